The Bertz CT molecular complexity index is 1360. The first-order chi connectivity index (χ1) is 17.9. The Morgan fingerprint density at radius 2 is 1.68 bits per heavy atom. The zero-order chi connectivity index (χ0) is 26.2. The van der Waals surface area contributed by atoms with Gasteiger partial charge in [-0.05, 0) is 42.5 Å². The third kappa shape index (κ3) is 6.77. The molecule has 0 spiro atoms. The van der Waals surface area contributed by atoms with Gasteiger partial charge in [0.15, 0.2) is 0 Å². The average Bonchev–Trinajstić information content (AvgIpc) is 3.31. The first-order valence-corrected chi connectivity index (χ1v) is 11.4. The van der Waals surface area contributed by atoms with E-state index in [-0.39, 0.29) is 25.4 Å². The molecule has 3 aromatic carbocycles. The average molecular weight is 506 g/mol. The van der Waals surface area contributed by atoms with Gasteiger partial charge in [-0.15, -0.1) is 0 Å². The normalized spacial score (nSPS) is 10.7. The number of urea groups is 1. The zero-order valence-corrected chi connectivity index (χ0v) is 20.0. The van der Waals surface area contributed by atoms with Crippen LogP contribution in [0, 0.1) is 11.6 Å². The Balaban J connectivity index is 1.55. The van der Waals surface area contributed by atoms with Crippen molar-refractivity contribution < 1.29 is 23.1 Å². The highest BCUT2D eigenvalue weighted by molar-refractivity contribution is 5.97. The molecule has 0 unspecified atom stereocenters. The van der Waals surface area contributed by atoms with E-state index in [0.29, 0.717) is 17.2 Å². The Hall–Kier alpha value is -4.57. The molecule has 0 aliphatic heterocycles. The summed E-state index contributed by atoms with van der Waals surface area (Å²) in [6.07, 6.45) is 0. The van der Waals surface area contributed by atoms with Crippen molar-refractivity contribution in [2.45, 2.75) is 0 Å². The summed E-state index contributed by atoms with van der Waals surface area (Å²) in [5.41, 5.74) is 2.23. The second-order valence-corrected chi connectivity index (χ2v) is 8.07. The minimum absolute atomic E-state index is 0.123. The lowest BCUT2D eigenvalue weighted by atomic mass is 10.1. The van der Waals surface area contributed by atoms with Crippen molar-refractivity contribution in [1.82, 2.24) is 14.7 Å². The van der Waals surface area contributed by atoms with Crippen LogP contribution < -0.4 is 10.6 Å². The van der Waals surface area contributed by atoms with Gasteiger partial charge in [0.2, 0.25) is 5.91 Å². The van der Waals surface area contributed by atoms with E-state index >= 15 is 0 Å². The van der Waals surface area contributed by atoms with Gasteiger partial charge in [-0.3, -0.25) is 4.79 Å². The quantitative estimate of drug-likeness (QED) is 0.337. The van der Waals surface area contributed by atoms with Crippen LogP contribution >= 0.6 is 0 Å². The second kappa shape index (κ2) is 11.9. The van der Waals surface area contributed by atoms with E-state index in [2.05, 4.69) is 15.7 Å². The number of carbonyl (C=O) groups is 2. The lowest BCUT2D eigenvalue weighted by molar-refractivity contribution is -0.116. The lowest BCUT2D eigenvalue weighted by Gasteiger charge is -2.22. The van der Waals surface area contributed by atoms with Gasteiger partial charge in [0.1, 0.15) is 24.0 Å². The molecular formula is C27H25F2N5O3. The van der Waals surface area contributed by atoms with Crippen LogP contribution in [0.25, 0.3) is 16.9 Å². The highest BCUT2D eigenvalue weighted by atomic mass is 19.1. The van der Waals surface area contributed by atoms with Crippen LogP contribution in [-0.4, -0.2) is 53.4 Å². The molecule has 0 radical (unpaired) electrons. The van der Waals surface area contributed by atoms with Crippen LogP contribution in [0.15, 0.2) is 84.9 Å². The number of hydrogen-bond acceptors (Lipinski definition) is 4. The molecule has 8 nitrogen and oxygen atoms in total. The van der Waals surface area contributed by atoms with Crippen molar-refractivity contribution in [3.8, 4) is 16.9 Å². The summed E-state index contributed by atoms with van der Waals surface area (Å²) in [6.45, 7) is 0.00680. The number of nitrogens with one attached hydrogen (secondary N) is 2. The molecule has 190 valence electrons. The van der Waals surface area contributed by atoms with Crippen LogP contribution in [0.5, 0.6) is 0 Å². The van der Waals surface area contributed by atoms with Gasteiger partial charge >= 0.3 is 6.03 Å². The number of ether oxygens (including phenoxy) is 1. The molecule has 1 aromatic heterocycles. The summed E-state index contributed by atoms with van der Waals surface area (Å²) in [6, 6.07) is 21.6. The van der Waals surface area contributed by atoms with Gasteiger partial charge in [0.05, 0.1) is 18.0 Å². The maximum absolute atomic E-state index is 13.5. The first kappa shape index (κ1) is 25.5. The number of methoxy groups -OCH3 is 1. The molecule has 2 N–H and O–H groups in total. The van der Waals surface area contributed by atoms with E-state index in [4.69, 9.17) is 4.74 Å². The minimum atomic E-state index is -0.588. The molecule has 4 rings (SSSR count). The van der Waals surface area contributed by atoms with Crippen molar-refractivity contribution in [3.63, 3.8) is 0 Å². The Morgan fingerprint density at radius 1 is 0.919 bits per heavy atom. The summed E-state index contributed by atoms with van der Waals surface area (Å²) in [5.74, 6) is -1.05. The topological polar surface area (TPSA) is 88.5 Å². The maximum atomic E-state index is 13.5. The Kier molecular flexibility index (Phi) is 8.22. The fourth-order valence-electron chi connectivity index (χ4n) is 3.58. The number of aromatic nitrogens is 2. The van der Waals surface area contributed by atoms with Gasteiger partial charge in [-0.25, -0.2) is 18.3 Å². The second-order valence-electron chi connectivity index (χ2n) is 8.07. The standard InChI is InChI=1S/C27H25F2N5O3/c1-37-15-14-33(27(36)30-22-9-5-8-21(29)16-22)18-26(35)31-25-17-24(19-6-3-2-4-7-19)32-34(25)23-12-10-20(28)11-13-23/h2-13,16-17H,14-15,18H2,1H3,(H,30,36)(H,31,35). The van der Waals surface area contributed by atoms with E-state index in [0.717, 1.165) is 5.56 Å². The van der Waals surface area contributed by atoms with Crippen molar-refractivity contribution >= 4 is 23.4 Å². The SMILES string of the molecule is COCCN(CC(=O)Nc1cc(-c2ccccc2)nn1-c1ccc(F)cc1)C(=O)Nc1cccc(F)c1. The maximum Gasteiger partial charge on any atom is 0.322 e. The molecule has 0 saturated carbocycles. The molecule has 0 fully saturated rings. The molecule has 4 aromatic rings. The molecule has 0 atom stereocenters. The summed E-state index contributed by atoms with van der Waals surface area (Å²) < 4.78 is 33.6. The van der Waals surface area contributed by atoms with Gasteiger partial charge in [0.25, 0.3) is 0 Å². The first-order valence-electron chi connectivity index (χ1n) is 11.4. The molecule has 0 bridgehead atoms. The van der Waals surface area contributed by atoms with E-state index in [9.17, 15) is 18.4 Å². The molecule has 10 heteroatoms. The number of nitrogens with zero attached hydrogens (tertiary/aromatic N) is 3. The molecule has 0 aliphatic carbocycles. The van der Waals surface area contributed by atoms with Crippen LogP contribution in [0.4, 0.5) is 25.1 Å². The van der Waals surface area contributed by atoms with Crippen LogP contribution in [-0.2, 0) is 9.53 Å². The third-order valence-electron chi connectivity index (χ3n) is 5.38. The van der Waals surface area contributed by atoms with Crippen LogP contribution in [0.2, 0.25) is 0 Å². The van der Waals surface area contributed by atoms with E-state index in [1.54, 1.807) is 24.3 Å². The van der Waals surface area contributed by atoms with Crippen LogP contribution in [0.1, 0.15) is 0 Å². The monoisotopic (exact) mass is 505 g/mol. The van der Waals surface area contributed by atoms with E-state index in [1.807, 2.05) is 30.3 Å². The third-order valence-corrected chi connectivity index (χ3v) is 5.38. The Morgan fingerprint density at radius 3 is 2.38 bits per heavy atom. The van der Waals surface area contributed by atoms with Gasteiger partial charge in [-0.2, -0.15) is 5.10 Å². The highest BCUT2D eigenvalue weighted by Gasteiger charge is 2.20. The van der Waals surface area contributed by atoms with Gasteiger partial charge < -0.3 is 20.3 Å². The fraction of sp³-hybridized carbons (Fsp3) is 0.148. The number of halogens is 2. The molecule has 37 heavy (non-hydrogen) atoms. The largest absolute Gasteiger partial charge is 0.383 e. The van der Waals surface area contributed by atoms with Gasteiger partial charge in [-0.1, -0.05) is 36.4 Å². The number of carbonyl (C=O) groups excluding carboxylic acids is 2. The predicted octanol–water partition coefficient (Wildman–Crippen LogP) is 4.94. The molecule has 0 saturated heterocycles. The van der Waals surface area contributed by atoms with Crippen molar-refractivity contribution in [2.24, 2.45) is 0 Å². The summed E-state index contributed by atoms with van der Waals surface area (Å²) in [5, 5.41) is 9.97. The number of rotatable bonds is 9. The smallest absolute Gasteiger partial charge is 0.322 e. The molecule has 1 heterocycles. The Labute approximate surface area is 212 Å². The summed E-state index contributed by atoms with van der Waals surface area (Å²) in [7, 11) is 1.48. The van der Waals surface area contributed by atoms with Crippen LogP contribution in [0.3, 0.4) is 0 Å². The van der Waals surface area contributed by atoms with Crippen molar-refractivity contribution in [2.75, 3.05) is 37.4 Å². The van der Waals surface area contributed by atoms with E-state index in [1.165, 1.54) is 47.0 Å². The lowest BCUT2D eigenvalue weighted by Crippen LogP contribution is -2.42. The van der Waals surface area contributed by atoms with Crippen molar-refractivity contribution in [3.05, 3.63) is 96.6 Å². The molecule has 0 aliphatic rings. The van der Waals surface area contributed by atoms with E-state index < -0.39 is 23.6 Å². The number of hydrogen-bond donors (Lipinski definition) is 2. The predicted molar refractivity (Wildman–Crippen MR) is 136 cm³/mol. The number of benzene rings is 3. The fourth-order valence-corrected chi connectivity index (χ4v) is 3.58. The summed E-state index contributed by atoms with van der Waals surface area (Å²) >= 11 is 0. The van der Waals surface area contributed by atoms with Gasteiger partial charge in [0, 0.05) is 31.0 Å². The van der Waals surface area contributed by atoms with Crippen molar-refractivity contribution in [1.29, 1.82) is 0 Å². The zero-order valence-electron chi connectivity index (χ0n) is 20.0. The minimum Gasteiger partial charge on any atom is -0.383 e. The summed E-state index contributed by atoms with van der Waals surface area (Å²) in [4.78, 5) is 27.1. The highest BCUT2D eigenvalue weighted by Crippen LogP contribution is 2.25. The molecular weight excluding hydrogens is 480 g/mol. The number of anilines is 2. The number of amides is 3. The molecule has 3 amide bonds.